The van der Waals surface area contributed by atoms with Crippen LogP contribution < -0.4 is 15.4 Å². The highest BCUT2D eigenvalue weighted by Crippen LogP contribution is 2.17. The molecule has 1 unspecified atom stereocenters. The van der Waals surface area contributed by atoms with Gasteiger partial charge in [-0.15, -0.1) is 0 Å². The average Bonchev–Trinajstić information content (AvgIpc) is 2.61. The van der Waals surface area contributed by atoms with Gasteiger partial charge in [0.2, 0.25) is 0 Å². The van der Waals surface area contributed by atoms with Crippen molar-refractivity contribution >= 4 is 6.03 Å². The number of hydrogen-bond acceptors (Lipinski definition) is 3. The molecule has 0 saturated carbocycles. The molecule has 0 fully saturated rings. The highest BCUT2D eigenvalue weighted by Gasteiger charge is 2.12. The van der Waals surface area contributed by atoms with Crippen LogP contribution in [0.3, 0.4) is 0 Å². The van der Waals surface area contributed by atoms with E-state index in [1.54, 1.807) is 0 Å². The number of aliphatic hydroxyl groups excluding tert-OH is 1. The second-order valence-electron chi connectivity index (χ2n) is 5.44. The van der Waals surface area contributed by atoms with Crippen LogP contribution >= 0.6 is 0 Å². The van der Waals surface area contributed by atoms with Crippen molar-refractivity contribution in [3.8, 4) is 5.75 Å². The van der Waals surface area contributed by atoms with Crippen molar-refractivity contribution in [1.29, 1.82) is 0 Å². The van der Waals surface area contributed by atoms with Gasteiger partial charge in [0.25, 0.3) is 0 Å². The van der Waals surface area contributed by atoms with Crippen molar-refractivity contribution in [2.45, 2.75) is 25.9 Å². The summed E-state index contributed by atoms with van der Waals surface area (Å²) in [6.07, 6.45) is 0.584. The summed E-state index contributed by atoms with van der Waals surface area (Å²) in [6, 6.07) is 16.7. The second-order valence-corrected chi connectivity index (χ2v) is 5.44. The zero-order chi connectivity index (χ0) is 17.2. The zero-order valence-electron chi connectivity index (χ0n) is 13.9. The van der Waals surface area contributed by atoms with Crippen LogP contribution in [0.25, 0.3) is 0 Å². The number of hydrogen-bond donors (Lipinski definition) is 3. The Balaban J connectivity index is 1.86. The van der Waals surface area contributed by atoms with Gasteiger partial charge in [0.1, 0.15) is 5.75 Å². The Labute approximate surface area is 142 Å². The number of carbonyl (C=O) groups is 1. The molecular weight excluding hydrogens is 304 g/mol. The van der Waals surface area contributed by atoms with Crippen LogP contribution in [0.4, 0.5) is 4.79 Å². The number of aliphatic hydroxyl groups is 1. The van der Waals surface area contributed by atoms with Crippen molar-refractivity contribution in [1.82, 2.24) is 10.6 Å². The Morgan fingerprint density at radius 1 is 1.12 bits per heavy atom. The SMILES string of the molecule is CCOc1ccccc1CNC(=O)NC(CO)Cc1ccccc1. The summed E-state index contributed by atoms with van der Waals surface area (Å²) in [7, 11) is 0. The fraction of sp³-hybridized carbons (Fsp3) is 0.316. The standard InChI is InChI=1S/C19H24N2O3/c1-2-24-18-11-7-6-10-16(18)13-20-19(23)21-17(14-22)12-15-8-4-3-5-9-15/h3-11,17,22H,2,12-14H2,1H3,(H2,20,21,23). The van der Waals surface area contributed by atoms with Gasteiger partial charge in [0.05, 0.1) is 19.3 Å². The molecule has 0 aliphatic rings. The number of para-hydroxylation sites is 1. The van der Waals surface area contributed by atoms with Crippen molar-refractivity contribution in [3.63, 3.8) is 0 Å². The quantitative estimate of drug-likeness (QED) is 0.697. The molecule has 0 aliphatic heterocycles. The number of amides is 2. The van der Waals surface area contributed by atoms with Crippen LogP contribution in [-0.4, -0.2) is 30.4 Å². The van der Waals surface area contributed by atoms with Crippen LogP contribution in [0.2, 0.25) is 0 Å². The Hall–Kier alpha value is -2.53. The summed E-state index contributed by atoms with van der Waals surface area (Å²) in [5, 5.41) is 15.1. The monoisotopic (exact) mass is 328 g/mol. The summed E-state index contributed by atoms with van der Waals surface area (Å²) in [4.78, 5) is 12.1. The molecule has 24 heavy (non-hydrogen) atoms. The summed E-state index contributed by atoms with van der Waals surface area (Å²) < 4.78 is 5.54. The summed E-state index contributed by atoms with van der Waals surface area (Å²) in [5.41, 5.74) is 1.98. The molecule has 2 aromatic rings. The van der Waals surface area contributed by atoms with Crippen molar-refractivity contribution in [2.24, 2.45) is 0 Å². The third-order valence-electron chi connectivity index (χ3n) is 3.59. The summed E-state index contributed by atoms with van der Waals surface area (Å²) >= 11 is 0. The Morgan fingerprint density at radius 3 is 2.54 bits per heavy atom. The molecule has 0 spiro atoms. The molecule has 2 amide bonds. The van der Waals surface area contributed by atoms with E-state index in [1.165, 1.54) is 0 Å². The molecule has 2 rings (SSSR count). The third-order valence-corrected chi connectivity index (χ3v) is 3.59. The lowest BCUT2D eigenvalue weighted by Gasteiger charge is -2.17. The largest absolute Gasteiger partial charge is 0.494 e. The first-order valence-corrected chi connectivity index (χ1v) is 8.12. The van der Waals surface area contributed by atoms with Crippen LogP contribution in [0.1, 0.15) is 18.1 Å². The van der Waals surface area contributed by atoms with E-state index in [4.69, 9.17) is 4.74 Å². The van der Waals surface area contributed by atoms with Crippen molar-refractivity contribution in [3.05, 3.63) is 65.7 Å². The number of nitrogens with one attached hydrogen (secondary N) is 2. The van der Waals surface area contributed by atoms with E-state index in [1.807, 2.05) is 61.5 Å². The molecule has 0 aromatic heterocycles. The number of ether oxygens (including phenoxy) is 1. The predicted octanol–water partition coefficient (Wildman–Crippen LogP) is 2.49. The number of rotatable bonds is 8. The first kappa shape index (κ1) is 17.8. The molecule has 0 saturated heterocycles. The lowest BCUT2D eigenvalue weighted by Crippen LogP contribution is -2.44. The van der Waals surface area contributed by atoms with E-state index in [0.29, 0.717) is 19.6 Å². The smallest absolute Gasteiger partial charge is 0.315 e. The lowest BCUT2D eigenvalue weighted by molar-refractivity contribution is 0.215. The topological polar surface area (TPSA) is 70.6 Å². The maximum Gasteiger partial charge on any atom is 0.315 e. The first-order chi connectivity index (χ1) is 11.7. The third kappa shape index (κ3) is 5.59. The van der Waals surface area contributed by atoms with Crippen molar-refractivity contribution < 1.29 is 14.6 Å². The number of benzene rings is 2. The van der Waals surface area contributed by atoms with Gasteiger partial charge < -0.3 is 20.5 Å². The van der Waals surface area contributed by atoms with Gasteiger partial charge >= 0.3 is 6.03 Å². The van der Waals surface area contributed by atoms with Gasteiger partial charge in [-0.3, -0.25) is 0 Å². The highest BCUT2D eigenvalue weighted by molar-refractivity contribution is 5.74. The fourth-order valence-corrected chi connectivity index (χ4v) is 2.42. The maximum atomic E-state index is 12.1. The first-order valence-electron chi connectivity index (χ1n) is 8.12. The minimum atomic E-state index is -0.325. The van der Waals surface area contributed by atoms with Crippen LogP contribution in [0, 0.1) is 0 Å². The van der Waals surface area contributed by atoms with Gasteiger partial charge in [0, 0.05) is 12.1 Å². The van der Waals surface area contributed by atoms with E-state index in [-0.39, 0.29) is 18.7 Å². The van der Waals surface area contributed by atoms with E-state index in [2.05, 4.69) is 10.6 Å². The Morgan fingerprint density at radius 2 is 1.83 bits per heavy atom. The van der Waals surface area contributed by atoms with Gasteiger partial charge in [-0.05, 0) is 25.0 Å². The van der Waals surface area contributed by atoms with Crippen LogP contribution in [0.5, 0.6) is 5.75 Å². The van der Waals surface area contributed by atoms with Crippen molar-refractivity contribution in [2.75, 3.05) is 13.2 Å². The second kappa shape index (κ2) is 9.57. The summed E-state index contributed by atoms with van der Waals surface area (Å²) in [5.74, 6) is 0.767. The van der Waals surface area contributed by atoms with Gasteiger partial charge in [0.15, 0.2) is 0 Å². The molecule has 3 N–H and O–H groups in total. The lowest BCUT2D eigenvalue weighted by atomic mass is 10.1. The van der Waals surface area contributed by atoms with E-state index >= 15 is 0 Å². The zero-order valence-corrected chi connectivity index (χ0v) is 13.9. The summed E-state index contributed by atoms with van der Waals surface area (Å²) in [6.45, 7) is 2.75. The molecule has 2 aromatic carbocycles. The maximum absolute atomic E-state index is 12.1. The number of urea groups is 1. The minimum Gasteiger partial charge on any atom is -0.494 e. The Bertz CT molecular complexity index is 632. The molecule has 5 heteroatoms. The van der Waals surface area contributed by atoms with Crippen LogP contribution in [-0.2, 0) is 13.0 Å². The average molecular weight is 328 g/mol. The molecular formula is C19H24N2O3. The molecule has 0 heterocycles. The van der Waals surface area contributed by atoms with E-state index < -0.39 is 0 Å². The fourth-order valence-electron chi connectivity index (χ4n) is 2.42. The minimum absolute atomic E-state index is 0.113. The Kier molecular flexibility index (Phi) is 7.11. The molecule has 0 radical (unpaired) electrons. The normalized spacial score (nSPS) is 11.6. The molecule has 1 atom stereocenters. The van der Waals surface area contributed by atoms with E-state index in [0.717, 1.165) is 16.9 Å². The molecule has 0 bridgehead atoms. The predicted molar refractivity (Wildman–Crippen MR) is 94.0 cm³/mol. The molecule has 0 aliphatic carbocycles. The van der Waals surface area contributed by atoms with Gasteiger partial charge in [-0.1, -0.05) is 48.5 Å². The molecule has 128 valence electrons. The number of carbonyl (C=O) groups excluding carboxylic acids is 1. The van der Waals surface area contributed by atoms with Gasteiger partial charge in [-0.25, -0.2) is 4.79 Å². The molecule has 5 nitrogen and oxygen atoms in total. The van der Waals surface area contributed by atoms with Crippen LogP contribution in [0.15, 0.2) is 54.6 Å². The van der Waals surface area contributed by atoms with E-state index in [9.17, 15) is 9.90 Å². The van der Waals surface area contributed by atoms with Gasteiger partial charge in [-0.2, -0.15) is 0 Å². The highest BCUT2D eigenvalue weighted by atomic mass is 16.5.